The first-order chi connectivity index (χ1) is 10.5. The Morgan fingerprint density at radius 2 is 2.05 bits per heavy atom. The fourth-order valence-corrected chi connectivity index (χ4v) is 2.87. The minimum absolute atomic E-state index is 0.166. The van der Waals surface area contributed by atoms with Crippen LogP contribution in [0.25, 0.3) is 11.0 Å². The van der Waals surface area contributed by atoms with Crippen molar-refractivity contribution in [3.63, 3.8) is 0 Å². The zero-order valence-corrected chi connectivity index (χ0v) is 13.4. The number of thiophene rings is 1. The van der Waals surface area contributed by atoms with Gasteiger partial charge in [0, 0.05) is 17.0 Å². The third-order valence-electron chi connectivity index (χ3n) is 3.43. The zero-order valence-electron chi connectivity index (χ0n) is 11.8. The van der Waals surface area contributed by atoms with Crippen LogP contribution in [0.1, 0.15) is 20.8 Å². The number of carbonyl (C=O) groups excluding carboxylic acids is 1. The predicted octanol–water partition coefficient (Wildman–Crippen LogP) is 4.34. The molecule has 2 aromatic heterocycles. The fourth-order valence-electron chi connectivity index (χ4n) is 2.07. The van der Waals surface area contributed by atoms with Gasteiger partial charge >= 0.3 is 11.6 Å². The molecular weight excluding hydrogens is 324 g/mol. The summed E-state index contributed by atoms with van der Waals surface area (Å²) in [6.45, 7) is 3.52. The van der Waals surface area contributed by atoms with Crippen molar-refractivity contribution in [3.8, 4) is 5.75 Å². The van der Waals surface area contributed by atoms with Crippen LogP contribution in [-0.4, -0.2) is 5.97 Å². The van der Waals surface area contributed by atoms with E-state index in [1.54, 1.807) is 30.5 Å². The number of fused-ring (bicyclic) bond motifs is 1. The standard InChI is InChI=1S/C16H11ClO4S/c1-8-9(2)15(18)20-12-7-13(11(17)6-10(8)12)21-16(19)14-4-3-5-22-14/h3-7H,1-2H3. The maximum absolute atomic E-state index is 12.0. The molecule has 0 amide bonds. The molecule has 0 atom stereocenters. The first-order valence-electron chi connectivity index (χ1n) is 6.46. The molecule has 112 valence electrons. The van der Waals surface area contributed by atoms with E-state index in [9.17, 15) is 9.59 Å². The van der Waals surface area contributed by atoms with Crippen LogP contribution in [0.4, 0.5) is 0 Å². The molecule has 0 saturated carbocycles. The summed E-state index contributed by atoms with van der Waals surface area (Å²) in [5.41, 5.74) is 1.26. The number of aryl methyl sites for hydroxylation is 1. The lowest BCUT2D eigenvalue weighted by Crippen LogP contribution is -2.08. The predicted molar refractivity (Wildman–Crippen MR) is 86.2 cm³/mol. The summed E-state index contributed by atoms with van der Waals surface area (Å²) >= 11 is 7.45. The quantitative estimate of drug-likeness (QED) is 0.397. The summed E-state index contributed by atoms with van der Waals surface area (Å²) in [7, 11) is 0. The summed E-state index contributed by atoms with van der Waals surface area (Å²) in [4.78, 5) is 24.2. The van der Waals surface area contributed by atoms with Crippen molar-refractivity contribution in [3.05, 3.63) is 61.1 Å². The van der Waals surface area contributed by atoms with Crippen molar-refractivity contribution in [1.82, 2.24) is 0 Å². The summed E-state index contributed by atoms with van der Waals surface area (Å²) in [5, 5.41) is 2.79. The van der Waals surface area contributed by atoms with E-state index in [4.69, 9.17) is 20.8 Å². The fraction of sp³-hybridized carbons (Fsp3) is 0.125. The molecule has 3 rings (SSSR count). The Hall–Kier alpha value is -2.11. The van der Waals surface area contributed by atoms with Crippen LogP contribution in [0.5, 0.6) is 5.75 Å². The minimum Gasteiger partial charge on any atom is -0.422 e. The largest absolute Gasteiger partial charge is 0.422 e. The summed E-state index contributed by atoms with van der Waals surface area (Å²) in [6.07, 6.45) is 0. The highest BCUT2D eigenvalue weighted by atomic mass is 35.5. The van der Waals surface area contributed by atoms with Gasteiger partial charge in [-0.1, -0.05) is 17.7 Å². The molecular formula is C16H11ClO4S. The van der Waals surface area contributed by atoms with E-state index < -0.39 is 11.6 Å². The molecule has 0 unspecified atom stereocenters. The summed E-state index contributed by atoms with van der Waals surface area (Å²) in [6, 6.07) is 6.53. The van der Waals surface area contributed by atoms with Crippen LogP contribution >= 0.6 is 22.9 Å². The molecule has 3 aromatic rings. The number of halogens is 1. The molecule has 22 heavy (non-hydrogen) atoms. The number of rotatable bonds is 2. The van der Waals surface area contributed by atoms with Gasteiger partial charge in [-0.2, -0.15) is 0 Å². The molecule has 0 spiro atoms. The van der Waals surface area contributed by atoms with Gasteiger partial charge in [0.15, 0.2) is 5.75 Å². The van der Waals surface area contributed by atoms with Crippen LogP contribution in [-0.2, 0) is 0 Å². The lowest BCUT2D eigenvalue weighted by Gasteiger charge is -2.09. The first-order valence-corrected chi connectivity index (χ1v) is 7.72. The van der Waals surface area contributed by atoms with E-state index in [1.807, 2.05) is 6.92 Å². The SMILES string of the molecule is Cc1c(C)c2cc(Cl)c(OC(=O)c3cccs3)cc2oc1=O. The van der Waals surface area contributed by atoms with Crippen LogP contribution in [0, 0.1) is 13.8 Å². The average molecular weight is 335 g/mol. The highest BCUT2D eigenvalue weighted by Crippen LogP contribution is 2.32. The third kappa shape index (κ3) is 2.53. The molecule has 1 aromatic carbocycles. The second-order valence-electron chi connectivity index (χ2n) is 4.79. The summed E-state index contributed by atoms with van der Waals surface area (Å²) < 4.78 is 10.5. The van der Waals surface area contributed by atoms with Gasteiger partial charge in [0.1, 0.15) is 10.5 Å². The number of carbonyl (C=O) groups is 1. The summed E-state index contributed by atoms with van der Waals surface area (Å²) in [5.74, 6) is -0.332. The van der Waals surface area contributed by atoms with E-state index in [0.717, 1.165) is 10.9 Å². The van der Waals surface area contributed by atoms with Gasteiger partial charge in [-0.05, 0) is 36.9 Å². The van der Waals surface area contributed by atoms with Gasteiger partial charge in [0.2, 0.25) is 0 Å². The molecule has 0 aliphatic rings. The normalized spacial score (nSPS) is 10.9. The number of hydrogen-bond donors (Lipinski definition) is 0. The minimum atomic E-state index is -0.498. The number of benzene rings is 1. The van der Waals surface area contributed by atoms with Gasteiger partial charge in [0.25, 0.3) is 0 Å². The topological polar surface area (TPSA) is 56.5 Å². The lowest BCUT2D eigenvalue weighted by atomic mass is 10.1. The van der Waals surface area contributed by atoms with Gasteiger partial charge in [-0.25, -0.2) is 9.59 Å². The average Bonchev–Trinajstić information content (AvgIpc) is 3.01. The Balaban J connectivity index is 2.08. The van der Waals surface area contributed by atoms with Crippen molar-refractivity contribution in [2.75, 3.05) is 0 Å². The molecule has 4 nitrogen and oxygen atoms in total. The number of ether oxygens (including phenoxy) is 1. The molecule has 6 heteroatoms. The Morgan fingerprint density at radius 1 is 1.27 bits per heavy atom. The first kappa shape index (κ1) is 14.8. The molecule has 0 radical (unpaired) electrons. The zero-order chi connectivity index (χ0) is 15.9. The highest BCUT2D eigenvalue weighted by molar-refractivity contribution is 7.12. The Morgan fingerprint density at radius 3 is 2.73 bits per heavy atom. The second-order valence-corrected chi connectivity index (χ2v) is 6.14. The van der Waals surface area contributed by atoms with Gasteiger partial charge in [-0.3, -0.25) is 0 Å². The smallest absolute Gasteiger partial charge is 0.353 e. The highest BCUT2D eigenvalue weighted by Gasteiger charge is 2.15. The van der Waals surface area contributed by atoms with Crippen molar-refractivity contribution >= 4 is 39.9 Å². The molecule has 0 aliphatic heterocycles. The Kier molecular flexibility index (Phi) is 3.76. The molecule has 0 aliphatic carbocycles. The van der Waals surface area contributed by atoms with Gasteiger partial charge in [0.05, 0.1) is 5.02 Å². The van der Waals surface area contributed by atoms with Crippen molar-refractivity contribution in [2.24, 2.45) is 0 Å². The maximum atomic E-state index is 12.0. The molecule has 0 fully saturated rings. The molecule has 0 N–H and O–H groups in total. The van der Waals surface area contributed by atoms with Crippen molar-refractivity contribution in [1.29, 1.82) is 0 Å². The monoisotopic (exact) mass is 334 g/mol. The Bertz CT molecular complexity index is 925. The van der Waals surface area contributed by atoms with E-state index in [-0.39, 0.29) is 10.8 Å². The van der Waals surface area contributed by atoms with E-state index in [1.165, 1.54) is 17.4 Å². The Labute approximate surface area is 134 Å². The van der Waals surface area contributed by atoms with E-state index in [2.05, 4.69) is 0 Å². The van der Waals surface area contributed by atoms with Crippen LogP contribution < -0.4 is 10.4 Å². The van der Waals surface area contributed by atoms with Crippen molar-refractivity contribution < 1.29 is 13.9 Å². The van der Waals surface area contributed by atoms with Gasteiger partial charge < -0.3 is 9.15 Å². The third-order valence-corrected chi connectivity index (χ3v) is 4.58. The van der Waals surface area contributed by atoms with E-state index in [0.29, 0.717) is 16.0 Å². The van der Waals surface area contributed by atoms with Crippen LogP contribution in [0.3, 0.4) is 0 Å². The van der Waals surface area contributed by atoms with Crippen LogP contribution in [0.2, 0.25) is 5.02 Å². The van der Waals surface area contributed by atoms with Crippen molar-refractivity contribution in [2.45, 2.75) is 13.8 Å². The molecule has 0 saturated heterocycles. The lowest BCUT2D eigenvalue weighted by molar-refractivity contribution is 0.0740. The molecule has 0 bridgehead atoms. The van der Waals surface area contributed by atoms with Gasteiger partial charge in [-0.15, -0.1) is 11.3 Å². The maximum Gasteiger partial charge on any atom is 0.353 e. The number of esters is 1. The second kappa shape index (κ2) is 5.59. The van der Waals surface area contributed by atoms with Crippen LogP contribution in [0.15, 0.2) is 38.9 Å². The number of hydrogen-bond acceptors (Lipinski definition) is 5. The van der Waals surface area contributed by atoms with E-state index >= 15 is 0 Å². The molecule has 2 heterocycles.